The first-order valence-electron chi connectivity index (χ1n) is 8.28. The van der Waals surface area contributed by atoms with Crippen LogP contribution >= 0.6 is 0 Å². The van der Waals surface area contributed by atoms with Gasteiger partial charge in [-0.25, -0.2) is 5.43 Å². The highest BCUT2D eigenvalue weighted by Crippen LogP contribution is 2.28. The molecule has 0 radical (unpaired) electrons. The standard InChI is InChI=1S/C19H14N4O6/c1-12-5-6-15(23(27)28)10-17(12)18-8-7-16(29-18)11-20-21-19(24)13-3-2-4-14(9-13)22(25)26/h2-11H,1H3,(H,21,24). The molecule has 1 amide bonds. The summed E-state index contributed by atoms with van der Waals surface area (Å²) in [5, 5.41) is 25.5. The van der Waals surface area contributed by atoms with Crippen LogP contribution in [-0.2, 0) is 0 Å². The number of amides is 1. The average molecular weight is 394 g/mol. The summed E-state index contributed by atoms with van der Waals surface area (Å²) in [6, 6.07) is 12.9. The maximum absolute atomic E-state index is 12.0. The number of nitrogens with one attached hydrogen (secondary N) is 1. The minimum Gasteiger partial charge on any atom is -0.455 e. The molecule has 29 heavy (non-hydrogen) atoms. The van der Waals surface area contributed by atoms with E-state index in [4.69, 9.17) is 4.42 Å². The highest BCUT2D eigenvalue weighted by Gasteiger charge is 2.13. The van der Waals surface area contributed by atoms with Crippen LogP contribution in [0.1, 0.15) is 21.7 Å². The number of nitro groups is 2. The molecule has 0 atom stereocenters. The summed E-state index contributed by atoms with van der Waals surface area (Å²) >= 11 is 0. The fourth-order valence-corrected chi connectivity index (χ4v) is 2.54. The summed E-state index contributed by atoms with van der Waals surface area (Å²) in [4.78, 5) is 32.7. The van der Waals surface area contributed by atoms with Crippen molar-refractivity contribution in [3.05, 3.63) is 91.7 Å². The lowest BCUT2D eigenvalue weighted by Crippen LogP contribution is -2.17. The van der Waals surface area contributed by atoms with E-state index in [1.165, 1.54) is 36.5 Å². The predicted octanol–water partition coefficient (Wildman–Crippen LogP) is 3.84. The fourth-order valence-electron chi connectivity index (χ4n) is 2.54. The smallest absolute Gasteiger partial charge is 0.271 e. The van der Waals surface area contributed by atoms with Gasteiger partial charge in [-0.05, 0) is 30.7 Å². The Kier molecular flexibility index (Phi) is 5.44. The molecule has 0 fully saturated rings. The molecule has 0 unspecified atom stereocenters. The lowest BCUT2D eigenvalue weighted by Gasteiger charge is -2.02. The zero-order chi connectivity index (χ0) is 21.0. The normalized spacial score (nSPS) is 10.8. The summed E-state index contributed by atoms with van der Waals surface area (Å²) in [6.07, 6.45) is 1.26. The number of hydrazone groups is 1. The van der Waals surface area contributed by atoms with Gasteiger partial charge in [0, 0.05) is 35.4 Å². The number of nitro benzene ring substituents is 2. The quantitative estimate of drug-likeness (QED) is 0.382. The molecule has 0 saturated heterocycles. The molecule has 0 spiro atoms. The molecule has 1 N–H and O–H groups in total. The summed E-state index contributed by atoms with van der Waals surface area (Å²) in [6.45, 7) is 1.80. The van der Waals surface area contributed by atoms with Crippen LogP contribution in [0.5, 0.6) is 0 Å². The summed E-state index contributed by atoms with van der Waals surface area (Å²) < 4.78 is 5.61. The van der Waals surface area contributed by atoms with Crippen molar-refractivity contribution >= 4 is 23.5 Å². The second kappa shape index (κ2) is 8.13. The van der Waals surface area contributed by atoms with Crippen molar-refractivity contribution in [3.63, 3.8) is 0 Å². The van der Waals surface area contributed by atoms with Crippen LogP contribution in [-0.4, -0.2) is 22.0 Å². The third-order valence-corrected chi connectivity index (χ3v) is 4.00. The first kappa shape index (κ1) is 19.4. The van der Waals surface area contributed by atoms with Crippen molar-refractivity contribution in [2.75, 3.05) is 0 Å². The van der Waals surface area contributed by atoms with Gasteiger partial charge in [0.2, 0.25) is 0 Å². The van der Waals surface area contributed by atoms with Crippen LogP contribution in [0.3, 0.4) is 0 Å². The molecule has 0 aliphatic heterocycles. The Morgan fingerprint density at radius 1 is 1.03 bits per heavy atom. The van der Waals surface area contributed by atoms with E-state index in [9.17, 15) is 25.0 Å². The van der Waals surface area contributed by atoms with Gasteiger partial charge < -0.3 is 4.42 Å². The van der Waals surface area contributed by atoms with Gasteiger partial charge in [-0.1, -0.05) is 12.1 Å². The Labute approximate surface area is 163 Å². The molecule has 0 aliphatic carbocycles. The van der Waals surface area contributed by atoms with E-state index in [1.54, 1.807) is 25.1 Å². The van der Waals surface area contributed by atoms with Crippen LogP contribution in [0.4, 0.5) is 11.4 Å². The summed E-state index contributed by atoms with van der Waals surface area (Å²) in [5.74, 6) is 0.106. The third kappa shape index (κ3) is 4.50. The van der Waals surface area contributed by atoms with Crippen molar-refractivity contribution in [1.29, 1.82) is 0 Å². The molecule has 0 bridgehead atoms. The van der Waals surface area contributed by atoms with E-state index in [1.807, 2.05) is 0 Å². The first-order chi connectivity index (χ1) is 13.8. The highest BCUT2D eigenvalue weighted by atomic mass is 16.6. The molecule has 1 aromatic heterocycles. The van der Waals surface area contributed by atoms with Crippen LogP contribution in [0.15, 0.2) is 64.1 Å². The minimum atomic E-state index is -0.619. The number of non-ortho nitro benzene ring substituents is 2. The molecule has 3 rings (SSSR count). The van der Waals surface area contributed by atoms with Crippen molar-refractivity contribution < 1.29 is 19.1 Å². The van der Waals surface area contributed by atoms with E-state index in [0.717, 1.165) is 11.6 Å². The second-order valence-corrected chi connectivity index (χ2v) is 5.96. The second-order valence-electron chi connectivity index (χ2n) is 5.96. The van der Waals surface area contributed by atoms with Gasteiger partial charge in [0.15, 0.2) is 0 Å². The molecular weight excluding hydrogens is 380 g/mol. The van der Waals surface area contributed by atoms with Gasteiger partial charge in [-0.2, -0.15) is 5.10 Å². The van der Waals surface area contributed by atoms with Gasteiger partial charge in [-0.3, -0.25) is 25.0 Å². The lowest BCUT2D eigenvalue weighted by atomic mass is 10.1. The Balaban J connectivity index is 1.72. The number of rotatable bonds is 6. The van der Waals surface area contributed by atoms with Gasteiger partial charge in [-0.15, -0.1) is 0 Å². The largest absolute Gasteiger partial charge is 0.455 e. The molecule has 10 nitrogen and oxygen atoms in total. The van der Waals surface area contributed by atoms with Crippen LogP contribution < -0.4 is 5.43 Å². The summed E-state index contributed by atoms with van der Waals surface area (Å²) in [7, 11) is 0. The Morgan fingerprint density at radius 3 is 2.48 bits per heavy atom. The Bertz CT molecular complexity index is 1140. The summed E-state index contributed by atoms with van der Waals surface area (Å²) in [5.41, 5.74) is 3.45. The Morgan fingerprint density at radius 2 is 1.76 bits per heavy atom. The monoisotopic (exact) mass is 394 g/mol. The number of carbonyl (C=O) groups is 1. The number of hydrogen-bond donors (Lipinski definition) is 1. The van der Waals surface area contributed by atoms with E-state index in [0.29, 0.717) is 17.1 Å². The minimum absolute atomic E-state index is 0.0542. The van der Waals surface area contributed by atoms with E-state index < -0.39 is 15.8 Å². The third-order valence-electron chi connectivity index (χ3n) is 4.00. The number of aryl methyl sites for hydroxylation is 1. The fraction of sp³-hybridized carbons (Fsp3) is 0.0526. The van der Waals surface area contributed by atoms with Gasteiger partial charge >= 0.3 is 0 Å². The van der Waals surface area contributed by atoms with Crippen LogP contribution in [0.25, 0.3) is 11.3 Å². The predicted molar refractivity (Wildman–Crippen MR) is 104 cm³/mol. The maximum Gasteiger partial charge on any atom is 0.271 e. The van der Waals surface area contributed by atoms with E-state index >= 15 is 0 Å². The number of carbonyl (C=O) groups excluding carboxylic acids is 1. The van der Waals surface area contributed by atoms with Crippen LogP contribution in [0, 0.1) is 27.2 Å². The zero-order valence-electron chi connectivity index (χ0n) is 15.1. The SMILES string of the molecule is Cc1ccc([N+](=O)[O-])cc1-c1ccc(C=NNC(=O)c2cccc([N+](=O)[O-])c2)o1. The molecule has 146 valence electrons. The van der Waals surface area contributed by atoms with Crippen molar-refractivity contribution in [2.24, 2.45) is 5.10 Å². The first-order valence-corrected chi connectivity index (χ1v) is 8.28. The molecule has 2 aromatic carbocycles. The number of benzene rings is 2. The Hall–Kier alpha value is -4.34. The average Bonchev–Trinajstić information content (AvgIpc) is 3.16. The lowest BCUT2D eigenvalue weighted by molar-refractivity contribution is -0.385. The van der Waals surface area contributed by atoms with Gasteiger partial charge in [0.1, 0.15) is 11.5 Å². The molecule has 1 heterocycles. The molecule has 0 saturated carbocycles. The maximum atomic E-state index is 12.0. The van der Waals surface area contributed by atoms with E-state index in [-0.39, 0.29) is 16.9 Å². The van der Waals surface area contributed by atoms with Gasteiger partial charge in [0.25, 0.3) is 17.3 Å². The molecule has 3 aromatic rings. The van der Waals surface area contributed by atoms with E-state index in [2.05, 4.69) is 10.5 Å². The number of nitrogens with zero attached hydrogens (tertiary/aromatic N) is 3. The van der Waals surface area contributed by atoms with Crippen molar-refractivity contribution in [1.82, 2.24) is 5.43 Å². The van der Waals surface area contributed by atoms with Gasteiger partial charge in [0.05, 0.1) is 16.1 Å². The topological polar surface area (TPSA) is 141 Å². The number of hydrogen-bond acceptors (Lipinski definition) is 7. The van der Waals surface area contributed by atoms with Crippen molar-refractivity contribution in [3.8, 4) is 11.3 Å². The van der Waals surface area contributed by atoms with Crippen molar-refractivity contribution in [2.45, 2.75) is 6.92 Å². The molecular formula is C19H14N4O6. The highest BCUT2D eigenvalue weighted by molar-refractivity contribution is 5.95. The molecule has 10 heteroatoms. The number of furan rings is 1. The molecule has 0 aliphatic rings. The zero-order valence-corrected chi connectivity index (χ0v) is 15.1. The van der Waals surface area contributed by atoms with Crippen LogP contribution in [0.2, 0.25) is 0 Å².